The number of morpholine rings is 1. The second-order valence-electron chi connectivity index (χ2n) is 8.67. The summed E-state index contributed by atoms with van der Waals surface area (Å²) in [5.74, 6) is 0.390. The molecule has 0 atom stereocenters. The highest BCUT2D eigenvalue weighted by atomic mass is 16.5. The highest BCUT2D eigenvalue weighted by molar-refractivity contribution is 6.05. The molecule has 35 heavy (non-hydrogen) atoms. The molecule has 11 heteroatoms. The number of carbonyl (C=O) groups is 1. The van der Waals surface area contributed by atoms with Gasteiger partial charge in [0.2, 0.25) is 5.65 Å². The lowest BCUT2D eigenvalue weighted by molar-refractivity contribution is 0.102. The van der Waals surface area contributed by atoms with Gasteiger partial charge in [0, 0.05) is 44.0 Å². The maximum atomic E-state index is 13.2. The van der Waals surface area contributed by atoms with Gasteiger partial charge in [-0.05, 0) is 31.4 Å². The van der Waals surface area contributed by atoms with Crippen molar-refractivity contribution in [2.45, 2.75) is 19.3 Å². The van der Waals surface area contributed by atoms with Gasteiger partial charge in [-0.2, -0.15) is 10.1 Å². The smallest absolute Gasteiger partial charge is 0.300 e. The van der Waals surface area contributed by atoms with Gasteiger partial charge in [-0.3, -0.25) is 9.89 Å². The number of anilines is 3. The van der Waals surface area contributed by atoms with Crippen LogP contribution in [0, 0.1) is 0 Å². The summed E-state index contributed by atoms with van der Waals surface area (Å²) in [6.07, 6.45) is 6.77. The molecule has 0 saturated carbocycles. The monoisotopic (exact) mass is 474 g/mol. The number of amides is 1. The largest absolute Gasteiger partial charge is 0.422 e. The average Bonchev–Trinajstić information content (AvgIpc) is 3.60. The molecule has 2 saturated heterocycles. The van der Waals surface area contributed by atoms with Gasteiger partial charge in [0.1, 0.15) is 5.69 Å². The van der Waals surface area contributed by atoms with Gasteiger partial charge in [-0.25, -0.2) is 9.97 Å². The topological polar surface area (TPSA) is 125 Å². The zero-order chi connectivity index (χ0) is 23.6. The first-order valence-electron chi connectivity index (χ1n) is 11.9. The third-order valence-corrected chi connectivity index (χ3v) is 6.31. The number of nitrogens with zero attached hydrogens (tertiary/aromatic N) is 6. The number of aromatic nitrogens is 5. The first-order valence-corrected chi connectivity index (χ1v) is 11.9. The zero-order valence-corrected chi connectivity index (χ0v) is 19.2. The summed E-state index contributed by atoms with van der Waals surface area (Å²) in [6.45, 7) is 4.46. The van der Waals surface area contributed by atoms with Gasteiger partial charge >= 0.3 is 0 Å². The predicted molar refractivity (Wildman–Crippen MR) is 131 cm³/mol. The van der Waals surface area contributed by atoms with Crippen LogP contribution in [-0.4, -0.2) is 70.4 Å². The van der Waals surface area contributed by atoms with Gasteiger partial charge in [0.15, 0.2) is 11.4 Å². The summed E-state index contributed by atoms with van der Waals surface area (Å²) in [5.41, 5.74) is 3.44. The third-order valence-electron chi connectivity index (χ3n) is 6.31. The quantitative estimate of drug-likeness (QED) is 0.449. The van der Waals surface area contributed by atoms with Crippen LogP contribution in [0.5, 0.6) is 0 Å². The number of oxazole rings is 1. The van der Waals surface area contributed by atoms with Crippen LogP contribution in [0.25, 0.3) is 22.5 Å². The second-order valence-corrected chi connectivity index (χ2v) is 8.67. The van der Waals surface area contributed by atoms with E-state index in [1.807, 2.05) is 18.2 Å². The van der Waals surface area contributed by atoms with Crippen molar-refractivity contribution >= 4 is 34.7 Å². The molecule has 1 amide bonds. The van der Waals surface area contributed by atoms with Gasteiger partial charge in [0.25, 0.3) is 11.9 Å². The van der Waals surface area contributed by atoms with E-state index in [1.165, 1.54) is 6.42 Å². The van der Waals surface area contributed by atoms with Crippen molar-refractivity contribution < 1.29 is 13.9 Å². The Morgan fingerprint density at radius 1 is 1.00 bits per heavy atom. The molecule has 2 aliphatic rings. The number of piperidine rings is 1. The molecule has 11 nitrogen and oxygen atoms in total. The summed E-state index contributed by atoms with van der Waals surface area (Å²) in [4.78, 5) is 31.5. The van der Waals surface area contributed by atoms with E-state index in [2.05, 4.69) is 35.3 Å². The maximum Gasteiger partial charge on any atom is 0.300 e. The minimum Gasteiger partial charge on any atom is -0.422 e. The molecular formula is C24H26N8O3. The van der Waals surface area contributed by atoms with Gasteiger partial charge < -0.3 is 24.3 Å². The van der Waals surface area contributed by atoms with Crippen molar-refractivity contribution in [3.8, 4) is 11.3 Å². The molecule has 0 spiro atoms. The summed E-state index contributed by atoms with van der Waals surface area (Å²) in [7, 11) is 0. The van der Waals surface area contributed by atoms with Crippen LogP contribution in [0.3, 0.4) is 0 Å². The normalized spacial score (nSPS) is 16.6. The fraction of sp³-hybridized carbons (Fsp3) is 0.375. The van der Waals surface area contributed by atoms with Gasteiger partial charge in [-0.15, -0.1) is 0 Å². The number of hydrogen-bond donors (Lipinski definition) is 2. The second kappa shape index (κ2) is 9.34. The minimum absolute atomic E-state index is 0.306. The van der Waals surface area contributed by atoms with Crippen molar-refractivity contribution in [2.24, 2.45) is 0 Å². The number of rotatable bonds is 5. The maximum absolute atomic E-state index is 13.2. The highest BCUT2D eigenvalue weighted by Gasteiger charge is 2.23. The predicted octanol–water partition coefficient (Wildman–Crippen LogP) is 3.09. The molecule has 4 aromatic heterocycles. The van der Waals surface area contributed by atoms with Gasteiger partial charge in [0.05, 0.1) is 30.8 Å². The molecule has 2 fully saturated rings. The van der Waals surface area contributed by atoms with Crippen molar-refractivity contribution in [3.63, 3.8) is 0 Å². The summed E-state index contributed by atoms with van der Waals surface area (Å²) >= 11 is 0. The first-order chi connectivity index (χ1) is 17.2. The summed E-state index contributed by atoms with van der Waals surface area (Å²) in [5, 5.41) is 9.76. The number of pyridine rings is 2. The van der Waals surface area contributed by atoms with E-state index in [4.69, 9.17) is 14.1 Å². The molecule has 0 aliphatic carbocycles. The van der Waals surface area contributed by atoms with E-state index < -0.39 is 0 Å². The van der Waals surface area contributed by atoms with E-state index in [0.29, 0.717) is 66.4 Å². The summed E-state index contributed by atoms with van der Waals surface area (Å²) in [6, 6.07) is 7.69. The number of nitrogens with one attached hydrogen (secondary N) is 2. The van der Waals surface area contributed by atoms with Crippen LogP contribution in [0.4, 0.5) is 17.5 Å². The van der Waals surface area contributed by atoms with E-state index in [9.17, 15) is 4.79 Å². The average molecular weight is 475 g/mol. The lowest BCUT2D eigenvalue weighted by atomic mass is 10.1. The Labute approximate surface area is 201 Å². The van der Waals surface area contributed by atoms with E-state index in [1.54, 1.807) is 18.5 Å². The van der Waals surface area contributed by atoms with E-state index >= 15 is 0 Å². The Balaban J connectivity index is 1.34. The van der Waals surface area contributed by atoms with Crippen molar-refractivity contribution in [3.05, 3.63) is 42.4 Å². The molecule has 0 aromatic carbocycles. The summed E-state index contributed by atoms with van der Waals surface area (Å²) < 4.78 is 11.5. The molecule has 4 aromatic rings. The number of carbonyl (C=O) groups excluding carboxylic acids is 1. The Morgan fingerprint density at radius 3 is 2.66 bits per heavy atom. The Morgan fingerprint density at radius 2 is 1.86 bits per heavy atom. The molecule has 6 heterocycles. The molecule has 0 radical (unpaired) electrons. The molecule has 180 valence electrons. The SMILES string of the molecule is O=C(Nc1cc2oc(N3CCOCC3)nc2nc1N1CCCCC1)c1cccc(-c2cn[nH]c2)n1. The Kier molecular flexibility index (Phi) is 5.75. The van der Waals surface area contributed by atoms with Crippen LogP contribution >= 0.6 is 0 Å². The van der Waals surface area contributed by atoms with E-state index in [0.717, 1.165) is 31.5 Å². The van der Waals surface area contributed by atoms with Gasteiger partial charge in [-0.1, -0.05) is 6.07 Å². The number of H-pyrrole nitrogens is 1. The first kappa shape index (κ1) is 21.5. The molecule has 2 aliphatic heterocycles. The van der Waals surface area contributed by atoms with Crippen molar-refractivity contribution in [1.82, 2.24) is 25.1 Å². The van der Waals surface area contributed by atoms with Crippen LogP contribution in [0.1, 0.15) is 29.8 Å². The molecule has 6 rings (SSSR count). The third kappa shape index (κ3) is 4.42. The van der Waals surface area contributed by atoms with Crippen molar-refractivity contribution in [2.75, 3.05) is 54.5 Å². The minimum atomic E-state index is -0.317. The van der Waals surface area contributed by atoms with Crippen LogP contribution in [0.2, 0.25) is 0 Å². The number of hydrogen-bond acceptors (Lipinski definition) is 9. The lowest BCUT2D eigenvalue weighted by Crippen LogP contribution is -2.36. The number of fused-ring (bicyclic) bond motifs is 1. The Bertz CT molecular complexity index is 1320. The van der Waals surface area contributed by atoms with E-state index in [-0.39, 0.29) is 5.91 Å². The lowest BCUT2D eigenvalue weighted by Gasteiger charge is -2.29. The molecule has 0 bridgehead atoms. The standard InChI is InChI=1S/C24H26N8O3/c33-23(18-6-4-5-17(27-18)16-14-25-26-15-16)28-19-13-20-21(29-22(19)31-7-2-1-3-8-31)30-24(35-20)32-9-11-34-12-10-32/h4-6,13-15H,1-3,7-12H2,(H,25,26)(H,28,33). The Hall–Kier alpha value is -3.99. The molecule has 0 unspecified atom stereocenters. The highest BCUT2D eigenvalue weighted by Crippen LogP contribution is 2.32. The van der Waals surface area contributed by atoms with Crippen LogP contribution in [-0.2, 0) is 4.74 Å². The number of ether oxygens (including phenoxy) is 1. The van der Waals surface area contributed by atoms with Crippen LogP contribution in [0.15, 0.2) is 41.1 Å². The van der Waals surface area contributed by atoms with Crippen LogP contribution < -0.4 is 15.1 Å². The molecular weight excluding hydrogens is 448 g/mol. The fourth-order valence-corrected chi connectivity index (χ4v) is 4.47. The zero-order valence-electron chi connectivity index (χ0n) is 19.2. The number of aromatic amines is 1. The van der Waals surface area contributed by atoms with Crippen molar-refractivity contribution in [1.29, 1.82) is 0 Å². The fourth-order valence-electron chi connectivity index (χ4n) is 4.47. The molecule has 2 N–H and O–H groups in total.